The summed E-state index contributed by atoms with van der Waals surface area (Å²) in [5, 5.41) is 54.6. The summed E-state index contributed by atoms with van der Waals surface area (Å²) < 4.78 is 45.3. The van der Waals surface area contributed by atoms with Gasteiger partial charge >= 0.3 is 5.97 Å². The van der Waals surface area contributed by atoms with Crippen molar-refractivity contribution in [1.29, 1.82) is 0 Å². The number of aliphatic hydroxyl groups excluding tert-OH is 4. The molecule has 0 spiro atoms. The molecule has 0 amide bonds. The fourth-order valence-corrected chi connectivity index (χ4v) is 6.75. The zero-order chi connectivity index (χ0) is 39.8. The van der Waals surface area contributed by atoms with Gasteiger partial charge in [-0.25, -0.2) is 4.68 Å². The monoisotopic (exact) mass is 795 g/mol. The standard InChI is InChI=1S/C41H53N3O13/c45-26-34-38(47)39(48)40(49)41(57-34)56-27-32-25-44(43-42-32)13-14-50-15-16-51-17-18-52-19-20-53-21-22-54-23-24-55-35(46)6-2-3-28-7-8-31-10-9-29-4-1-5-30-11-12-33(28)37(31)36(29)30/h1,4-5,7-12,25,34,38-41,45,47-49H,2-3,6,13-24,26-27H2/t34-,38+,39+,40-,41-/m1/s1. The molecule has 1 aromatic heterocycles. The number of benzene rings is 4. The summed E-state index contributed by atoms with van der Waals surface area (Å²) >= 11 is 0. The van der Waals surface area contributed by atoms with Crippen LogP contribution in [-0.4, -0.2) is 151 Å². The zero-order valence-electron chi connectivity index (χ0n) is 32.0. The lowest BCUT2D eigenvalue weighted by Crippen LogP contribution is -2.59. The van der Waals surface area contributed by atoms with Crippen molar-refractivity contribution in [2.24, 2.45) is 0 Å². The minimum atomic E-state index is -1.51. The van der Waals surface area contributed by atoms with Gasteiger partial charge in [0.05, 0.1) is 92.0 Å². The summed E-state index contributed by atoms with van der Waals surface area (Å²) in [6.07, 6.45) is -3.20. The Morgan fingerprint density at radius 2 is 1.30 bits per heavy atom. The number of rotatable bonds is 26. The lowest BCUT2D eigenvalue weighted by Gasteiger charge is -2.39. The molecule has 1 aliphatic heterocycles. The van der Waals surface area contributed by atoms with E-state index < -0.39 is 37.3 Å². The summed E-state index contributed by atoms with van der Waals surface area (Å²) in [5.41, 5.74) is 1.71. The van der Waals surface area contributed by atoms with E-state index in [9.17, 15) is 25.2 Å². The Morgan fingerprint density at radius 3 is 1.96 bits per heavy atom. The van der Waals surface area contributed by atoms with Crippen LogP contribution >= 0.6 is 0 Å². The maximum Gasteiger partial charge on any atom is 0.305 e. The Bertz CT molecular complexity index is 1930. The van der Waals surface area contributed by atoms with Crippen molar-refractivity contribution in [3.05, 3.63) is 72.1 Å². The van der Waals surface area contributed by atoms with E-state index in [1.165, 1.54) is 37.9 Å². The van der Waals surface area contributed by atoms with Crippen molar-refractivity contribution in [2.45, 2.75) is 63.1 Å². The fraction of sp³-hybridized carbons (Fsp3) is 0.537. The van der Waals surface area contributed by atoms with Crippen LogP contribution < -0.4 is 0 Å². The molecule has 16 nitrogen and oxygen atoms in total. The summed E-state index contributed by atoms with van der Waals surface area (Å²) in [5.74, 6) is -0.219. The number of aromatic nitrogens is 3. The van der Waals surface area contributed by atoms with Gasteiger partial charge in [0.25, 0.3) is 0 Å². The maximum absolute atomic E-state index is 12.3. The Hall–Kier alpha value is -3.91. The molecule has 1 aliphatic rings. The van der Waals surface area contributed by atoms with E-state index in [0.717, 1.165) is 12.8 Å². The van der Waals surface area contributed by atoms with Crippen molar-refractivity contribution in [3.63, 3.8) is 0 Å². The van der Waals surface area contributed by atoms with Crippen LogP contribution in [-0.2, 0) is 62.3 Å². The quantitative estimate of drug-likeness (QED) is 0.0360. The lowest BCUT2D eigenvalue weighted by molar-refractivity contribution is -0.304. The fourth-order valence-electron chi connectivity index (χ4n) is 6.75. The molecule has 2 heterocycles. The summed E-state index contributed by atoms with van der Waals surface area (Å²) in [4.78, 5) is 12.3. The van der Waals surface area contributed by atoms with Crippen molar-refractivity contribution in [1.82, 2.24) is 15.0 Å². The van der Waals surface area contributed by atoms with Crippen molar-refractivity contribution in [3.8, 4) is 0 Å². The molecule has 57 heavy (non-hydrogen) atoms. The SMILES string of the molecule is O=C(CCCc1ccc2ccc3cccc4ccc1c2c34)OCCOCCOCCOCCOCCOCCn1cc(CO[C@@H]2O[C@H](CO)[C@H](O)[C@H](O)[C@H]2O)nn1. The molecule has 310 valence electrons. The minimum absolute atomic E-state index is 0.0618. The predicted octanol–water partition coefficient (Wildman–Crippen LogP) is 2.14. The van der Waals surface area contributed by atoms with Crippen molar-refractivity contribution < 1.29 is 63.1 Å². The van der Waals surface area contributed by atoms with Gasteiger partial charge in [-0.15, -0.1) is 5.10 Å². The normalized spacial score (nSPS) is 20.0. The van der Waals surface area contributed by atoms with Crippen LogP contribution in [0.5, 0.6) is 0 Å². The first-order valence-electron chi connectivity index (χ1n) is 19.4. The summed E-state index contributed by atoms with van der Waals surface area (Å²) in [6, 6.07) is 19.5. The number of hydrogen-bond donors (Lipinski definition) is 4. The van der Waals surface area contributed by atoms with Gasteiger partial charge in [-0.1, -0.05) is 59.8 Å². The third kappa shape index (κ3) is 12.1. The Labute approximate surface area is 330 Å². The van der Waals surface area contributed by atoms with Crippen LogP contribution in [0.25, 0.3) is 32.3 Å². The number of aryl methyl sites for hydroxylation is 1. The molecule has 4 N–H and O–H groups in total. The summed E-state index contributed by atoms with van der Waals surface area (Å²) in [6.45, 7) is 4.08. The van der Waals surface area contributed by atoms with E-state index in [-0.39, 0.29) is 19.2 Å². The lowest BCUT2D eigenvalue weighted by atomic mass is 9.90. The van der Waals surface area contributed by atoms with E-state index in [4.69, 9.17) is 37.9 Å². The van der Waals surface area contributed by atoms with Gasteiger partial charge in [0.1, 0.15) is 36.7 Å². The zero-order valence-corrected chi connectivity index (χ0v) is 32.0. The van der Waals surface area contributed by atoms with Crippen LogP contribution in [0.1, 0.15) is 24.1 Å². The van der Waals surface area contributed by atoms with Gasteiger partial charge in [0, 0.05) is 6.42 Å². The highest BCUT2D eigenvalue weighted by atomic mass is 16.7. The van der Waals surface area contributed by atoms with E-state index in [1.807, 2.05) is 0 Å². The number of hydrogen-bond acceptors (Lipinski definition) is 15. The molecule has 0 bridgehead atoms. The second-order valence-corrected chi connectivity index (χ2v) is 13.7. The topological polar surface area (TPSA) is 203 Å². The Kier molecular flexibility index (Phi) is 16.7. The minimum Gasteiger partial charge on any atom is -0.463 e. The van der Waals surface area contributed by atoms with Gasteiger partial charge in [-0.05, 0) is 50.7 Å². The molecule has 0 unspecified atom stereocenters. The summed E-state index contributed by atoms with van der Waals surface area (Å²) in [7, 11) is 0. The van der Waals surface area contributed by atoms with E-state index in [0.29, 0.717) is 84.7 Å². The third-order valence-electron chi connectivity index (χ3n) is 9.72. The second kappa shape index (κ2) is 22.3. The molecule has 0 radical (unpaired) electrons. The Balaban J connectivity index is 0.695. The van der Waals surface area contributed by atoms with Crippen LogP contribution in [0.4, 0.5) is 0 Å². The predicted molar refractivity (Wildman–Crippen MR) is 207 cm³/mol. The number of ether oxygens (including phenoxy) is 8. The first-order chi connectivity index (χ1) is 27.9. The third-order valence-corrected chi connectivity index (χ3v) is 9.72. The average molecular weight is 796 g/mol. The molecule has 5 atom stereocenters. The first kappa shape index (κ1) is 42.7. The molecule has 1 saturated heterocycles. The molecular weight excluding hydrogens is 742 g/mol. The maximum atomic E-state index is 12.3. The Morgan fingerprint density at radius 1 is 0.702 bits per heavy atom. The highest BCUT2D eigenvalue weighted by Gasteiger charge is 2.44. The van der Waals surface area contributed by atoms with E-state index in [2.05, 4.69) is 64.9 Å². The number of carbonyl (C=O) groups excluding carboxylic acids is 1. The van der Waals surface area contributed by atoms with Crippen molar-refractivity contribution in [2.75, 3.05) is 79.3 Å². The molecule has 6 rings (SSSR count). The van der Waals surface area contributed by atoms with Gasteiger partial charge < -0.3 is 58.3 Å². The number of esters is 1. The molecule has 0 saturated carbocycles. The number of carbonyl (C=O) groups is 1. The van der Waals surface area contributed by atoms with Crippen molar-refractivity contribution >= 4 is 38.3 Å². The highest BCUT2D eigenvalue weighted by Crippen LogP contribution is 2.36. The molecular formula is C41H53N3O13. The van der Waals surface area contributed by atoms with Crippen LogP contribution in [0.2, 0.25) is 0 Å². The van der Waals surface area contributed by atoms with Crippen LogP contribution in [0.15, 0.2) is 60.8 Å². The smallest absolute Gasteiger partial charge is 0.305 e. The molecule has 0 aliphatic carbocycles. The van der Waals surface area contributed by atoms with E-state index in [1.54, 1.807) is 10.9 Å². The largest absolute Gasteiger partial charge is 0.463 e. The second-order valence-electron chi connectivity index (χ2n) is 13.7. The molecule has 1 fully saturated rings. The van der Waals surface area contributed by atoms with Gasteiger partial charge in [-0.2, -0.15) is 0 Å². The highest BCUT2D eigenvalue weighted by molar-refractivity contribution is 6.23. The average Bonchev–Trinajstić information content (AvgIpc) is 3.69. The van der Waals surface area contributed by atoms with Gasteiger partial charge in [0.15, 0.2) is 6.29 Å². The van der Waals surface area contributed by atoms with E-state index >= 15 is 0 Å². The molecule has 5 aromatic rings. The van der Waals surface area contributed by atoms with Gasteiger partial charge in [-0.3, -0.25) is 4.79 Å². The first-order valence-corrected chi connectivity index (χ1v) is 19.4. The van der Waals surface area contributed by atoms with Gasteiger partial charge in [0.2, 0.25) is 0 Å². The van der Waals surface area contributed by atoms with Crippen LogP contribution in [0, 0.1) is 0 Å². The molecule has 4 aromatic carbocycles. The number of aliphatic hydroxyl groups is 4. The van der Waals surface area contributed by atoms with Crippen LogP contribution in [0.3, 0.4) is 0 Å². The number of nitrogens with zero attached hydrogens (tertiary/aromatic N) is 3. The molecule has 16 heteroatoms.